The summed E-state index contributed by atoms with van der Waals surface area (Å²) in [5.74, 6) is -0.618. The molecule has 25 heavy (non-hydrogen) atoms. The van der Waals surface area contributed by atoms with Gasteiger partial charge in [-0.15, -0.1) is 0 Å². The minimum Gasteiger partial charge on any atom is -0.493 e. The van der Waals surface area contributed by atoms with E-state index in [1.165, 1.54) is 6.08 Å². The van der Waals surface area contributed by atoms with Crippen molar-refractivity contribution in [1.29, 1.82) is 0 Å². The van der Waals surface area contributed by atoms with Crippen LogP contribution in [-0.4, -0.2) is 41.3 Å². The van der Waals surface area contributed by atoms with Crippen molar-refractivity contribution in [3.63, 3.8) is 0 Å². The van der Waals surface area contributed by atoms with Gasteiger partial charge in [0.1, 0.15) is 12.3 Å². The fraction of sp³-hybridized carbons (Fsp3) is 0.353. The number of esters is 1. The first-order valence-corrected chi connectivity index (χ1v) is 8.88. The lowest BCUT2D eigenvalue weighted by Crippen LogP contribution is -2.35. The predicted octanol–water partition coefficient (Wildman–Crippen LogP) is 3.73. The minimum absolute atomic E-state index is 0.200. The van der Waals surface area contributed by atoms with Crippen LogP contribution in [0.3, 0.4) is 0 Å². The van der Waals surface area contributed by atoms with Gasteiger partial charge in [0, 0.05) is 10.6 Å². The number of hydrogen-bond acceptors (Lipinski definition) is 6. The Morgan fingerprint density at radius 3 is 2.72 bits per heavy atom. The molecule has 0 saturated carbocycles. The summed E-state index contributed by atoms with van der Waals surface area (Å²) in [7, 11) is 0. The van der Waals surface area contributed by atoms with Gasteiger partial charge in [-0.2, -0.15) is 0 Å². The van der Waals surface area contributed by atoms with Gasteiger partial charge < -0.3 is 9.47 Å². The van der Waals surface area contributed by atoms with E-state index in [9.17, 15) is 14.4 Å². The lowest BCUT2D eigenvalue weighted by atomic mass is 10.2. The Labute approximate surface area is 155 Å². The summed E-state index contributed by atoms with van der Waals surface area (Å²) in [6.45, 7) is 5.27. The fourth-order valence-electron chi connectivity index (χ4n) is 2.13. The second kappa shape index (κ2) is 8.40. The number of benzene rings is 1. The van der Waals surface area contributed by atoms with E-state index < -0.39 is 23.7 Å². The number of nitrogens with zero attached hydrogens (tertiary/aromatic N) is 1. The summed E-state index contributed by atoms with van der Waals surface area (Å²) in [6.07, 6.45) is 1.22. The van der Waals surface area contributed by atoms with Gasteiger partial charge in [0.2, 0.25) is 0 Å². The van der Waals surface area contributed by atoms with Crippen molar-refractivity contribution in [1.82, 2.24) is 4.90 Å². The predicted molar refractivity (Wildman–Crippen MR) is 96.5 cm³/mol. The monoisotopic (exact) mass is 383 g/mol. The van der Waals surface area contributed by atoms with E-state index in [-0.39, 0.29) is 11.0 Å². The number of rotatable bonds is 6. The maximum Gasteiger partial charge on any atom is 0.326 e. The number of halogens is 1. The van der Waals surface area contributed by atoms with E-state index in [0.29, 0.717) is 22.9 Å². The van der Waals surface area contributed by atoms with Crippen LogP contribution in [0.1, 0.15) is 26.3 Å². The topological polar surface area (TPSA) is 72.9 Å². The number of carbonyl (C=O) groups excluding carboxylic acids is 3. The molecule has 134 valence electrons. The average molecular weight is 384 g/mol. The van der Waals surface area contributed by atoms with Gasteiger partial charge in [-0.1, -0.05) is 11.6 Å². The highest BCUT2D eigenvalue weighted by molar-refractivity contribution is 8.18. The van der Waals surface area contributed by atoms with Gasteiger partial charge in [0.05, 0.1) is 17.6 Å². The largest absolute Gasteiger partial charge is 0.493 e. The molecule has 1 aromatic carbocycles. The van der Waals surface area contributed by atoms with Crippen LogP contribution in [0.5, 0.6) is 5.75 Å². The van der Waals surface area contributed by atoms with Gasteiger partial charge in [-0.25, -0.2) is 0 Å². The number of imide groups is 1. The lowest BCUT2D eigenvalue weighted by molar-refractivity contribution is -0.149. The molecule has 0 bridgehead atoms. The van der Waals surface area contributed by atoms with E-state index in [0.717, 1.165) is 16.7 Å². The number of carbonyl (C=O) groups is 3. The van der Waals surface area contributed by atoms with Gasteiger partial charge in [0.15, 0.2) is 0 Å². The maximum atomic E-state index is 12.4. The molecule has 1 saturated heterocycles. The molecular weight excluding hydrogens is 366 g/mol. The zero-order chi connectivity index (χ0) is 18.6. The molecule has 0 aromatic heterocycles. The Morgan fingerprint density at radius 1 is 1.36 bits per heavy atom. The third-order valence-corrected chi connectivity index (χ3v) is 4.23. The average Bonchev–Trinajstić information content (AvgIpc) is 2.77. The standard InChI is InChI=1S/C17H18ClNO5S/c1-4-23-13-6-5-12(18)7-11(13)8-14-16(21)19(17(22)25-14)9-15(20)24-10(2)3/h5-8,10H,4,9H2,1-3H3/b14-8-. The molecule has 1 aromatic rings. The lowest BCUT2D eigenvalue weighted by Gasteiger charge is -2.13. The fourth-order valence-corrected chi connectivity index (χ4v) is 3.14. The molecule has 1 fully saturated rings. The van der Waals surface area contributed by atoms with Crippen LogP contribution in [0.2, 0.25) is 5.02 Å². The zero-order valence-corrected chi connectivity index (χ0v) is 15.6. The second-order valence-corrected chi connectivity index (χ2v) is 6.85. The van der Waals surface area contributed by atoms with E-state index in [1.54, 1.807) is 32.0 Å². The Hall–Kier alpha value is -1.99. The molecule has 2 amide bonds. The highest BCUT2D eigenvalue weighted by atomic mass is 35.5. The van der Waals surface area contributed by atoms with Gasteiger partial charge >= 0.3 is 5.97 Å². The molecule has 0 atom stereocenters. The molecule has 0 spiro atoms. The van der Waals surface area contributed by atoms with Crippen molar-refractivity contribution < 1.29 is 23.9 Å². The molecule has 0 aliphatic carbocycles. The quantitative estimate of drug-likeness (QED) is 0.550. The van der Waals surface area contributed by atoms with Crippen LogP contribution in [0, 0.1) is 0 Å². The van der Waals surface area contributed by atoms with Crippen molar-refractivity contribution in [2.24, 2.45) is 0 Å². The van der Waals surface area contributed by atoms with Crippen LogP contribution < -0.4 is 4.74 Å². The second-order valence-electron chi connectivity index (χ2n) is 5.42. The summed E-state index contributed by atoms with van der Waals surface area (Å²) in [5, 5.41) is -0.0358. The van der Waals surface area contributed by atoms with Gasteiger partial charge in [0.25, 0.3) is 11.1 Å². The highest BCUT2D eigenvalue weighted by Crippen LogP contribution is 2.34. The van der Waals surface area contributed by atoms with Crippen molar-refractivity contribution >= 4 is 46.6 Å². The Bertz CT molecular complexity index is 732. The van der Waals surface area contributed by atoms with Crippen molar-refractivity contribution in [2.45, 2.75) is 26.9 Å². The smallest absolute Gasteiger partial charge is 0.326 e. The molecule has 1 heterocycles. The molecule has 2 rings (SSSR count). The first kappa shape index (κ1) is 19.3. The van der Waals surface area contributed by atoms with Crippen LogP contribution in [0.25, 0.3) is 6.08 Å². The number of amides is 2. The molecule has 1 aliphatic heterocycles. The zero-order valence-electron chi connectivity index (χ0n) is 14.1. The minimum atomic E-state index is -0.628. The number of thioether (sulfide) groups is 1. The maximum absolute atomic E-state index is 12.4. The Kier molecular flexibility index (Phi) is 6.50. The van der Waals surface area contributed by atoms with Crippen molar-refractivity contribution in [3.8, 4) is 5.75 Å². The summed E-state index contributed by atoms with van der Waals surface area (Å²) < 4.78 is 10.5. The number of ether oxygens (including phenoxy) is 2. The van der Waals surface area contributed by atoms with Crippen LogP contribution in [0.4, 0.5) is 4.79 Å². The summed E-state index contributed by atoms with van der Waals surface area (Å²) in [4.78, 5) is 37.3. The van der Waals surface area contributed by atoms with E-state index in [1.807, 2.05) is 6.92 Å². The van der Waals surface area contributed by atoms with Crippen molar-refractivity contribution in [2.75, 3.05) is 13.2 Å². The summed E-state index contributed by atoms with van der Waals surface area (Å²) in [6, 6.07) is 5.02. The molecule has 0 N–H and O–H groups in total. The normalized spacial score (nSPS) is 16.0. The first-order chi connectivity index (χ1) is 11.8. The number of hydrogen-bond donors (Lipinski definition) is 0. The third kappa shape index (κ3) is 4.99. The van der Waals surface area contributed by atoms with E-state index in [4.69, 9.17) is 21.1 Å². The molecule has 6 nitrogen and oxygen atoms in total. The Balaban J connectivity index is 2.23. The molecule has 1 aliphatic rings. The molecule has 0 unspecified atom stereocenters. The van der Waals surface area contributed by atoms with E-state index >= 15 is 0 Å². The van der Waals surface area contributed by atoms with Gasteiger partial charge in [-0.3, -0.25) is 19.3 Å². The molecular formula is C17H18ClNO5S. The first-order valence-electron chi connectivity index (χ1n) is 7.69. The molecule has 8 heteroatoms. The van der Waals surface area contributed by atoms with Crippen LogP contribution >= 0.6 is 23.4 Å². The SMILES string of the molecule is CCOc1ccc(Cl)cc1/C=C1\SC(=O)N(CC(=O)OC(C)C)C1=O. The summed E-state index contributed by atoms with van der Waals surface area (Å²) in [5.41, 5.74) is 0.588. The van der Waals surface area contributed by atoms with Crippen molar-refractivity contribution in [3.05, 3.63) is 33.7 Å². The van der Waals surface area contributed by atoms with Gasteiger partial charge in [-0.05, 0) is 56.8 Å². The summed E-state index contributed by atoms with van der Waals surface area (Å²) >= 11 is 6.76. The highest BCUT2D eigenvalue weighted by Gasteiger charge is 2.37. The van der Waals surface area contributed by atoms with Crippen LogP contribution in [-0.2, 0) is 14.3 Å². The van der Waals surface area contributed by atoms with Crippen LogP contribution in [0.15, 0.2) is 23.1 Å². The van der Waals surface area contributed by atoms with E-state index in [2.05, 4.69) is 0 Å². The Morgan fingerprint density at radius 2 is 2.08 bits per heavy atom. The third-order valence-electron chi connectivity index (χ3n) is 3.09. The molecule has 0 radical (unpaired) electrons.